The van der Waals surface area contributed by atoms with Gasteiger partial charge in [-0.15, -0.1) is 0 Å². The molecule has 1 aromatic carbocycles. The quantitative estimate of drug-likeness (QED) is 0.620. The molecule has 0 bridgehead atoms. The number of aromatic amines is 1. The Balaban J connectivity index is 2.38. The number of nitrogens with one attached hydrogen (secondary N) is 2. The molecule has 2 aromatic rings. The normalized spacial score (nSPS) is 11.2. The van der Waals surface area contributed by atoms with E-state index in [2.05, 4.69) is 14.9 Å². The molecule has 8 nitrogen and oxygen atoms in total. The monoisotopic (exact) mass is 297 g/mol. The molecule has 0 aliphatic heterocycles. The Kier molecular flexibility index (Phi) is 3.36. The topological polar surface area (TPSA) is 132 Å². The van der Waals surface area contributed by atoms with E-state index < -0.39 is 26.6 Å². The molecule has 106 valence electrons. The van der Waals surface area contributed by atoms with Crippen LogP contribution in [0.2, 0.25) is 0 Å². The van der Waals surface area contributed by atoms with Crippen molar-refractivity contribution in [3.8, 4) is 5.75 Å². The Labute approximate surface area is 114 Å². The highest BCUT2D eigenvalue weighted by molar-refractivity contribution is 7.92. The maximum atomic E-state index is 12.1. The molecule has 0 fully saturated rings. The summed E-state index contributed by atoms with van der Waals surface area (Å²) in [5, 5.41) is 23.3. The van der Waals surface area contributed by atoms with Crippen LogP contribution in [0.4, 0.5) is 5.69 Å². The van der Waals surface area contributed by atoms with Gasteiger partial charge < -0.3 is 10.2 Å². The third-order valence-electron chi connectivity index (χ3n) is 2.55. The highest BCUT2D eigenvalue weighted by atomic mass is 32.2. The first-order valence-corrected chi connectivity index (χ1v) is 6.88. The van der Waals surface area contributed by atoms with Crippen molar-refractivity contribution in [3.05, 3.63) is 35.5 Å². The number of aryl methyl sites for hydroxylation is 1. The van der Waals surface area contributed by atoms with Gasteiger partial charge in [0, 0.05) is 5.69 Å². The van der Waals surface area contributed by atoms with Crippen LogP contribution in [0.5, 0.6) is 5.75 Å². The summed E-state index contributed by atoms with van der Waals surface area (Å²) in [6.45, 7) is 1.60. The minimum absolute atomic E-state index is 0.0284. The number of rotatable bonds is 4. The number of aromatic carboxylic acids is 1. The van der Waals surface area contributed by atoms with E-state index in [1.807, 2.05) is 0 Å². The maximum Gasteiger partial charge on any atom is 0.340 e. The van der Waals surface area contributed by atoms with Gasteiger partial charge in [-0.1, -0.05) is 0 Å². The van der Waals surface area contributed by atoms with Crippen LogP contribution in [0.25, 0.3) is 0 Å². The number of benzene rings is 1. The van der Waals surface area contributed by atoms with Gasteiger partial charge in [-0.2, -0.15) is 13.5 Å². The fourth-order valence-electron chi connectivity index (χ4n) is 1.56. The predicted octanol–water partition coefficient (Wildman–Crippen LogP) is 0.923. The third-order valence-corrected chi connectivity index (χ3v) is 3.91. The summed E-state index contributed by atoms with van der Waals surface area (Å²) in [6, 6.07) is 4.11. The highest BCUT2D eigenvalue weighted by Crippen LogP contribution is 2.23. The fourth-order valence-corrected chi connectivity index (χ4v) is 2.70. The molecule has 9 heteroatoms. The van der Waals surface area contributed by atoms with Crippen molar-refractivity contribution in [3.63, 3.8) is 0 Å². The van der Waals surface area contributed by atoms with Gasteiger partial charge in [-0.3, -0.25) is 9.82 Å². The lowest BCUT2D eigenvalue weighted by Crippen LogP contribution is -2.16. The van der Waals surface area contributed by atoms with Gasteiger partial charge in [-0.25, -0.2) is 4.79 Å². The predicted molar refractivity (Wildman–Crippen MR) is 69.2 cm³/mol. The minimum atomic E-state index is -4.11. The number of carboxylic acids is 1. The van der Waals surface area contributed by atoms with E-state index >= 15 is 0 Å². The van der Waals surface area contributed by atoms with Crippen LogP contribution in [0.3, 0.4) is 0 Å². The molecule has 0 unspecified atom stereocenters. The summed E-state index contributed by atoms with van der Waals surface area (Å²) < 4.78 is 26.4. The van der Waals surface area contributed by atoms with E-state index in [1.54, 1.807) is 6.92 Å². The number of nitrogens with zero attached hydrogens (tertiary/aromatic N) is 1. The van der Waals surface area contributed by atoms with E-state index in [9.17, 15) is 18.3 Å². The Morgan fingerprint density at radius 1 is 1.40 bits per heavy atom. The Bertz CT molecular complexity index is 766. The van der Waals surface area contributed by atoms with Gasteiger partial charge in [0.2, 0.25) is 0 Å². The van der Waals surface area contributed by atoms with E-state index in [0.29, 0.717) is 5.56 Å². The molecule has 1 heterocycles. The first kappa shape index (κ1) is 13.9. The Morgan fingerprint density at radius 2 is 2.10 bits per heavy atom. The van der Waals surface area contributed by atoms with Crippen molar-refractivity contribution < 1.29 is 23.4 Å². The molecule has 0 spiro atoms. The fraction of sp³-hybridized carbons (Fsp3) is 0.0909. The summed E-state index contributed by atoms with van der Waals surface area (Å²) in [5.74, 6) is -1.37. The maximum absolute atomic E-state index is 12.1. The number of anilines is 1. The summed E-state index contributed by atoms with van der Waals surface area (Å²) >= 11 is 0. The number of hydrogen-bond acceptors (Lipinski definition) is 5. The van der Waals surface area contributed by atoms with Crippen molar-refractivity contribution in [2.45, 2.75) is 11.9 Å². The molecule has 0 amide bonds. The molecule has 1 aromatic heterocycles. The molecule has 20 heavy (non-hydrogen) atoms. The van der Waals surface area contributed by atoms with Crippen LogP contribution < -0.4 is 4.72 Å². The molecular weight excluding hydrogens is 286 g/mol. The minimum Gasteiger partial charge on any atom is -0.508 e. The molecule has 0 saturated carbocycles. The number of H-pyrrole nitrogens is 1. The van der Waals surface area contributed by atoms with Crippen LogP contribution in [0.15, 0.2) is 29.4 Å². The van der Waals surface area contributed by atoms with Crippen LogP contribution in [0.1, 0.15) is 15.9 Å². The van der Waals surface area contributed by atoms with Crippen LogP contribution in [0, 0.1) is 6.92 Å². The van der Waals surface area contributed by atoms with Crippen molar-refractivity contribution in [2.75, 3.05) is 4.72 Å². The molecule has 0 aliphatic carbocycles. The number of carboxylic acid groups (broad SMARTS) is 1. The second-order valence-electron chi connectivity index (χ2n) is 4.02. The summed E-state index contributed by atoms with van der Waals surface area (Å²) in [5.41, 5.74) is 0.229. The van der Waals surface area contributed by atoms with E-state index in [-0.39, 0.29) is 11.4 Å². The largest absolute Gasteiger partial charge is 0.508 e. The van der Waals surface area contributed by atoms with E-state index in [1.165, 1.54) is 18.2 Å². The number of aromatic hydroxyl groups is 1. The van der Waals surface area contributed by atoms with Crippen molar-refractivity contribution in [2.24, 2.45) is 0 Å². The van der Waals surface area contributed by atoms with Crippen LogP contribution >= 0.6 is 0 Å². The number of sulfonamides is 1. The average molecular weight is 297 g/mol. The summed E-state index contributed by atoms with van der Waals surface area (Å²) in [4.78, 5) is 10.9. The SMILES string of the molecule is Cc1cc(NS(=O)(=O)c2[nH]ncc2C(=O)O)ccc1O. The number of aromatic nitrogens is 2. The van der Waals surface area contributed by atoms with Crippen molar-refractivity contribution in [1.29, 1.82) is 0 Å². The van der Waals surface area contributed by atoms with Crippen molar-refractivity contribution >= 4 is 21.7 Å². The van der Waals surface area contributed by atoms with Crippen LogP contribution in [-0.4, -0.2) is 34.8 Å². The Morgan fingerprint density at radius 3 is 2.70 bits per heavy atom. The second-order valence-corrected chi connectivity index (χ2v) is 5.64. The molecule has 0 aliphatic rings. The molecule has 0 radical (unpaired) electrons. The lowest BCUT2D eigenvalue weighted by atomic mass is 10.2. The number of carbonyl (C=O) groups is 1. The number of phenols is 1. The summed E-state index contributed by atoms with van der Waals surface area (Å²) in [6.07, 6.45) is 0.916. The lowest BCUT2D eigenvalue weighted by Gasteiger charge is -2.08. The van der Waals surface area contributed by atoms with E-state index in [4.69, 9.17) is 5.11 Å². The molecule has 0 atom stereocenters. The van der Waals surface area contributed by atoms with Gasteiger partial charge >= 0.3 is 5.97 Å². The lowest BCUT2D eigenvalue weighted by molar-refractivity contribution is 0.0692. The number of hydrogen-bond donors (Lipinski definition) is 4. The first-order valence-electron chi connectivity index (χ1n) is 5.40. The zero-order chi connectivity index (χ0) is 14.9. The zero-order valence-electron chi connectivity index (χ0n) is 10.3. The van der Waals surface area contributed by atoms with Gasteiger partial charge in [0.25, 0.3) is 10.0 Å². The smallest absolute Gasteiger partial charge is 0.340 e. The third kappa shape index (κ3) is 2.57. The van der Waals surface area contributed by atoms with E-state index in [0.717, 1.165) is 6.20 Å². The van der Waals surface area contributed by atoms with Gasteiger partial charge in [-0.05, 0) is 30.7 Å². The van der Waals surface area contributed by atoms with Crippen LogP contribution in [-0.2, 0) is 10.0 Å². The summed E-state index contributed by atoms with van der Waals surface area (Å²) in [7, 11) is -4.11. The molecule has 0 saturated heterocycles. The molecule has 2 rings (SSSR count). The highest BCUT2D eigenvalue weighted by Gasteiger charge is 2.24. The molecular formula is C11H11N3O5S. The zero-order valence-corrected chi connectivity index (χ0v) is 11.1. The van der Waals surface area contributed by atoms with Crippen molar-refractivity contribution in [1.82, 2.24) is 10.2 Å². The van der Waals surface area contributed by atoms with Gasteiger partial charge in [0.05, 0.1) is 6.20 Å². The second kappa shape index (κ2) is 4.85. The standard InChI is InChI=1S/C11H11N3O5S/c1-6-4-7(2-3-9(6)15)14-20(18,19)10-8(11(16)17)5-12-13-10/h2-5,14-15H,1H3,(H,12,13)(H,16,17). The Hall–Kier alpha value is -2.55. The number of phenolic OH excluding ortho intramolecular Hbond substituents is 1. The molecule has 4 N–H and O–H groups in total. The first-order chi connectivity index (χ1) is 9.31. The van der Waals surface area contributed by atoms with Gasteiger partial charge in [0.15, 0.2) is 5.03 Å². The average Bonchev–Trinajstić information content (AvgIpc) is 2.83. The van der Waals surface area contributed by atoms with Gasteiger partial charge in [0.1, 0.15) is 11.3 Å².